The molecule has 1 rings (SSSR count). The molecule has 19 heavy (non-hydrogen) atoms. The van der Waals surface area contributed by atoms with E-state index in [9.17, 15) is 9.18 Å². The molecule has 1 aromatic rings. The highest BCUT2D eigenvalue weighted by Gasteiger charge is 2.21. The van der Waals surface area contributed by atoms with E-state index in [1.807, 2.05) is 0 Å². The maximum atomic E-state index is 13.9. The number of anilines is 1. The predicted octanol–water partition coefficient (Wildman–Crippen LogP) is -0.413. The summed E-state index contributed by atoms with van der Waals surface area (Å²) in [6.07, 6.45) is 1.28. The van der Waals surface area contributed by atoms with Gasteiger partial charge in [-0.15, -0.1) is 0 Å². The molecule has 0 radical (unpaired) electrons. The van der Waals surface area contributed by atoms with Crippen LogP contribution in [-0.4, -0.2) is 54.3 Å². The number of aliphatic hydroxyl groups is 1. The van der Waals surface area contributed by atoms with Crippen molar-refractivity contribution in [3.63, 3.8) is 0 Å². The van der Waals surface area contributed by atoms with Crippen LogP contribution in [0.5, 0.6) is 0 Å². The largest absolute Gasteiger partial charge is 0.395 e. The van der Waals surface area contributed by atoms with Gasteiger partial charge in [0.15, 0.2) is 11.6 Å². The van der Waals surface area contributed by atoms with Crippen LogP contribution in [0.25, 0.3) is 0 Å². The van der Waals surface area contributed by atoms with E-state index in [0.29, 0.717) is 6.61 Å². The molecule has 0 unspecified atom stereocenters. The van der Waals surface area contributed by atoms with Gasteiger partial charge in [0.05, 0.1) is 18.8 Å². The number of pyridine rings is 1. The summed E-state index contributed by atoms with van der Waals surface area (Å²) >= 11 is 0. The number of rotatable bonds is 7. The summed E-state index contributed by atoms with van der Waals surface area (Å²) in [4.78, 5) is 17.1. The van der Waals surface area contributed by atoms with Crippen LogP contribution in [0.3, 0.4) is 0 Å². The Bertz CT molecular complexity index is 430. The second-order valence-electron chi connectivity index (χ2n) is 3.67. The standard InChI is InChI=1S/C11H17FN4O3/c1-19-7-5-16(4-6-17)11(18)8-2-3-14-10(15-13)9(8)12/h2-3,17H,4-7,13H2,1H3,(H,14,15). The van der Waals surface area contributed by atoms with Crippen molar-refractivity contribution in [3.05, 3.63) is 23.6 Å². The van der Waals surface area contributed by atoms with Gasteiger partial charge in [-0.25, -0.2) is 15.2 Å². The molecule has 0 atom stereocenters. The second-order valence-corrected chi connectivity index (χ2v) is 3.67. The van der Waals surface area contributed by atoms with Gasteiger partial charge in [0.1, 0.15) is 0 Å². The van der Waals surface area contributed by atoms with Gasteiger partial charge in [0.2, 0.25) is 0 Å². The Morgan fingerprint density at radius 3 is 2.95 bits per heavy atom. The van der Waals surface area contributed by atoms with Gasteiger partial charge >= 0.3 is 0 Å². The molecule has 0 aliphatic heterocycles. The molecule has 0 fully saturated rings. The molecule has 1 amide bonds. The van der Waals surface area contributed by atoms with E-state index < -0.39 is 11.7 Å². The van der Waals surface area contributed by atoms with E-state index in [1.165, 1.54) is 24.3 Å². The van der Waals surface area contributed by atoms with Crippen molar-refractivity contribution in [2.75, 3.05) is 38.8 Å². The number of carbonyl (C=O) groups is 1. The number of nitrogen functional groups attached to an aromatic ring is 1. The minimum absolute atomic E-state index is 0.0926. The van der Waals surface area contributed by atoms with Gasteiger partial charge in [0.25, 0.3) is 5.91 Å². The molecular weight excluding hydrogens is 255 g/mol. The number of hydrogen-bond acceptors (Lipinski definition) is 6. The van der Waals surface area contributed by atoms with Crippen LogP contribution in [0, 0.1) is 5.82 Å². The normalized spacial score (nSPS) is 10.3. The lowest BCUT2D eigenvalue weighted by Crippen LogP contribution is -2.36. The maximum absolute atomic E-state index is 13.9. The van der Waals surface area contributed by atoms with Gasteiger partial charge < -0.3 is 20.2 Å². The highest BCUT2D eigenvalue weighted by Crippen LogP contribution is 2.15. The number of hydrazine groups is 1. The minimum Gasteiger partial charge on any atom is -0.395 e. The van der Waals surface area contributed by atoms with E-state index in [4.69, 9.17) is 15.7 Å². The number of nitrogens with two attached hydrogens (primary N) is 1. The van der Waals surface area contributed by atoms with E-state index >= 15 is 0 Å². The fourth-order valence-corrected chi connectivity index (χ4v) is 1.52. The third kappa shape index (κ3) is 3.85. The van der Waals surface area contributed by atoms with Crippen molar-refractivity contribution in [2.24, 2.45) is 5.84 Å². The molecule has 4 N–H and O–H groups in total. The molecule has 0 aliphatic carbocycles. The van der Waals surface area contributed by atoms with Crippen LogP contribution in [0.2, 0.25) is 0 Å². The fraction of sp³-hybridized carbons (Fsp3) is 0.455. The molecule has 1 aromatic heterocycles. The lowest BCUT2D eigenvalue weighted by atomic mass is 10.2. The Hall–Kier alpha value is -1.77. The third-order valence-corrected chi connectivity index (χ3v) is 2.48. The van der Waals surface area contributed by atoms with Crippen LogP contribution < -0.4 is 11.3 Å². The quantitative estimate of drug-likeness (QED) is 0.461. The minimum atomic E-state index is -0.824. The Balaban J connectivity index is 2.95. The van der Waals surface area contributed by atoms with Gasteiger partial charge in [-0.1, -0.05) is 0 Å². The van der Waals surface area contributed by atoms with E-state index in [0.717, 1.165) is 0 Å². The molecule has 7 nitrogen and oxygen atoms in total. The third-order valence-electron chi connectivity index (χ3n) is 2.48. The van der Waals surface area contributed by atoms with Crippen molar-refractivity contribution in [1.29, 1.82) is 0 Å². The summed E-state index contributed by atoms with van der Waals surface area (Å²) < 4.78 is 18.8. The number of hydrogen-bond donors (Lipinski definition) is 3. The van der Waals surface area contributed by atoms with Gasteiger partial charge in [-0.2, -0.15) is 0 Å². The summed E-state index contributed by atoms with van der Waals surface area (Å²) in [5, 5.41) is 8.93. The summed E-state index contributed by atoms with van der Waals surface area (Å²) in [5.74, 6) is 3.51. The predicted molar refractivity (Wildman–Crippen MR) is 66.9 cm³/mol. The molecule has 1 heterocycles. The molecule has 0 saturated carbocycles. The first-order valence-electron chi connectivity index (χ1n) is 5.65. The summed E-state index contributed by atoms with van der Waals surface area (Å²) in [5.41, 5.74) is 1.91. The van der Waals surface area contributed by atoms with Crippen molar-refractivity contribution in [2.45, 2.75) is 0 Å². The van der Waals surface area contributed by atoms with Crippen LogP contribution >= 0.6 is 0 Å². The number of nitrogens with one attached hydrogen (secondary N) is 1. The zero-order valence-electron chi connectivity index (χ0n) is 10.6. The van der Waals surface area contributed by atoms with Crippen molar-refractivity contribution in [3.8, 4) is 0 Å². The number of ether oxygens (including phenoxy) is 1. The number of nitrogens with zero attached hydrogens (tertiary/aromatic N) is 2. The van der Waals surface area contributed by atoms with Gasteiger partial charge in [0, 0.05) is 26.4 Å². The first-order chi connectivity index (χ1) is 9.15. The Kier molecular flexibility index (Phi) is 6.13. The Labute approximate surface area is 110 Å². The molecule has 0 bridgehead atoms. The topological polar surface area (TPSA) is 101 Å². The number of aliphatic hydroxyl groups excluding tert-OH is 1. The van der Waals surface area contributed by atoms with Crippen LogP contribution in [-0.2, 0) is 4.74 Å². The first kappa shape index (κ1) is 15.3. The lowest BCUT2D eigenvalue weighted by Gasteiger charge is -2.21. The van der Waals surface area contributed by atoms with E-state index in [-0.39, 0.29) is 31.1 Å². The first-order valence-corrected chi connectivity index (χ1v) is 5.65. The smallest absolute Gasteiger partial charge is 0.257 e. The molecule has 0 saturated heterocycles. The zero-order valence-corrected chi connectivity index (χ0v) is 10.6. The average Bonchev–Trinajstić information content (AvgIpc) is 2.43. The van der Waals surface area contributed by atoms with Gasteiger partial charge in [-0.05, 0) is 6.07 Å². The Morgan fingerprint density at radius 1 is 1.63 bits per heavy atom. The maximum Gasteiger partial charge on any atom is 0.257 e. The molecule has 8 heteroatoms. The molecule has 0 spiro atoms. The summed E-state index contributed by atoms with van der Waals surface area (Å²) in [6, 6.07) is 1.26. The van der Waals surface area contributed by atoms with Crippen LogP contribution in [0.15, 0.2) is 12.3 Å². The van der Waals surface area contributed by atoms with E-state index in [1.54, 1.807) is 0 Å². The SMILES string of the molecule is COCCN(CCO)C(=O)c1ccnc(NN)c1F. The fourth-order valence-electron chi connectivity index (χ4n) is 1.52. The number of aromatic nitrogens is 1. The van der Waals surface area contributed by atoms with Crippen LogP contribution in [0.4, 0.5) is 10.2 Å². The monoisotopic (exact) mass is 272 g/mol. The molecule has 106 valence electrons. The number of methoxy groups -OCH3 is 1. The number of carbonyl (C=O) groups excluding carboxylic acids is 1. The average molecular weight is 272 g/mol. The van der Waals surface area contributed by atoms with Gasteiger partial charge in [-0.3, -0.25) is 4.79 Å². The molecule has 0 aromatic carbocycles. The van der Waals surface area contributed by atoms with Crippen molar-refractivity contribution >= 4 is 11.7 Å². The Morgan fingerprint density at radius 2 is 2.37 bits per heavy atom. The highest BCUT2D eigenvalue weighted by atomic mass is 19.1. The lowest BCUT2D eigenvalue weighted by molar-refractivity contribution is 0.0652. The number of amides is 1. The van der Waals surface area contributed by atoms with Crippen LogP contribution in [0.1, 0.15) is 10.4 Å². The number of halogens is 1. The summed E-state index contributed by atoms with van der Waals surface area (Å²) in [6.45, 7) is 0.420. The second kappa shape index (κ2) is 7.62. The van der Waals surface area contributed by atoms with Crippen molar-refractivity contribution in [1.82, 2.24) is 9.88 Å². The molecular formula is C11H17FN4O3. The molecule has 0 aliphatic rings. The highest BCUT2D eigenvalue weighted by molar-refractivity contribution is 5.95. The van der Waals surface area contributed by atoms with Crippen molar-refractivity contribution < 1.29 is 19.0 Å². The zero-order chi connectivity index (χ0) is 14.3. The van der Waals surface area contributed by atoms with E-state index in [2.05, 4.69) is 10.4 Å². The summed E-state index contributed by atoms with van der Waals surface area (Å²) in [7, 11) is 1.49.